The zero-order valence-electron chi connectivity index (χ0n) is 15.2. The van der Waals surface area contributed by atoms with E-state index in [9.17, 15) is 18.0 Å². The summed E-state index contributed by atoms with van der Waals surface area (Å²) in [6.45, 7) is 0.126. The van der Waals surface area contributed by atoms with E-state index in [-0.39, 0.29) is 37.7 Å². The lowest BCUT2D eigenvalue weighted by molar-refractivity contribution is -0.121. The molecule has 0 saturated heterocycles. The Kier molecular flexibility index (Phi) is 8.32. The Morgan fingerprint density at radius 1 is 0.964 bits per heavy atom. The number of sulfonamides is 1. The standard InChI is InChI=1S/C19H22N4O4S/c24-18(21-12-8-19(25)23-17-7-4-11-20-15-17)9-13-22-28(26,27)14-10-16-5-2-1-3-6-16/h1-7,10-11,14-15,22H,8-9,12-13H2,(H,21,24)(H,23,25)/b14-10+. The average Bonchev–Trinajstić information content (AvgIpc) is 2.68. The van der Waals surface area contributed by atoms with Crippen LogP contribution in [0.1, 0.15) is 18.4 Å². The summed E-state index contributed by atoms with van der Waals surface area (Å²) >= 11 is 0. The summed E-state index contributed by atoms with van der Waals surface area (Å²) in [5, 5.41) is 6.29. The van der Waals surface area contributed by atoms with Gasteiger partial charge in [0.2, 0.25) is 21.8 Å². The number of anilines is 1. The summed E-state index contributed by atoms with van der Waals surface area (Å²) in [5.41, 5.74) is 1.34. The summed E-state index contributed by atoms with van der Waals surface area (Å²) in [5.74, 6) is -0.594. The highest BCUT2D eigenvalue weighted by Crippen LogP contribution is 2.03. The van der Waals surface area contributed by atoms with Gasteiger partial charge in [0.15, 0.2) is 0 Å². The highest BCUT2D eigenvalue weighted by Gasteiger charge is 2.08. The quantitative estimate of drug-likeness (QED) is 0.557. The molecule has 0 atom stereocenters. The van der Waals surface area contributed by atoms with Crippen LogP contribution in [0, 0.1) is 0 Å². The number of nitrogens with zero attached hydrogens (tertiary/aromatic N) is 1. The van der Waals surface area contributed by atoms with Crippen molar-refractivity contribution in [2.24, 2.45) is 0 Å². The fraction of sp³-hybridized carbons (Fsp3) is 0.211. The van der Waals surface area contributed by atoms with Gasteiger partial charge in [0.1, 0.15) is 0 Å². The Hall–Kier alpha value is -3.04. The molecule has 0 radical (unpaired) electrons. The second-order valence-electron chi connectivity index (χ2n) is 5.79. The molecule has 148 valence electrons. The monoisotopic (exact) mass is 402 g/mol. The third-order valence-corrected chi connectivity index (χ3v) is 4.61. The molecule has 2 amide bonds. The molecule has 0 unspecified atom stereocenters. The van der Waals surface area contributed by atoms with Crippen molar-refractivity contribution in [3.05, 3.63) is 65.8 Å². The van der Waals surface area contributed by atoms with E-state index < -0.39 is 10.0 Å². The molecule has 0 aliphatic carbocycles. The van der Waals surface area contributed by atoms with Crippen LogP contribution >= 0.6 is 0 Å². The molecule has 0 bridgehead atoms. The Balaban J connectivity index is 1.62. The van der Waals surface area contributed by atoms with Crippen molar-refractivity contribution in [1.29, 1.82) is 0 Å². The molecular formula is C19H22N4O4S. The molecule has 2 aromatic rings. The van der Waals surface area contributed by atoms with Gasteiger partial charge in [0, 0.05) is 37.5 Å². The Bertz CT molecular complexity index is 900. The van der Waals surface area contributed by atoms with Gasteiger partial charge in [-0.1, -0.05) is 30.3 Å². The van der Waals surface area contributed by atoms with Crippen LogP contribution in [0.3, 0.4) is 0 Å². The molecule has 0 aliphatic rings. The third kappa shape index (κ3) is 8.56. The Morgan fingerprint density at radius 2 is 1.71 bits per heavy atom. The van der Waals surface area contributed by atoms with Crippen molar-refractivity contribution in [2.75, 3.05) is 18.4 Å². The molecule has 3 N–H and O–H groups in total. The van der Waals surface area contributed by atoms with E-state index in [1.54, 1.807) is 42.6 Å². The first-order valence-corrected chi connectivity index (χ1v) is 10.2. The smallest absolute Gasteiger partial charge is 0.233 e. The number of pyridine rings is 1. The number of hydrogen-bond donors (Lipinski definition) is 3. The van der Waals surface area contributed by atoms with E-state index >= 15 is 0 Å². The fourth-order valence-electron chi connectivity index (χ4n) is 2.15. The Labute approximate surface area is 164 Å². The van der Waals surface area contributed by atoms with Crippen LogP contribution in [-0.2, 0) is 19.6 Å². The van der Waals surface area contributed by atoms with Crippen LogP contribution < -0.4 is 15.4 Å². The van der Waals surface area contributed by atoms with E-state index in [1.807, 2.05) is 6.07 Å². The normalized spacial score (nSPS) is 11.3. The molecule has 0 saturated carbocycles. The summed E-state index contributed by atoms with van der Waals surface area (Å²) in [6.07, 6.45) is 4.68. The predicted molar refractivity (Wildman–Crippen MR) is 108 cm³/mol. The van der Waals surface area contributed by atoms with Crippen LogP contribution in [-0.4, -0.2) is 38.3 Å². The van der Waals surface area contributed by atoms with Crippen molar-refractivity contribution < 1.29 is 18.0 Å². The van der Waals surface area contributed by atoms with Crippen molar-refractivity contribution in [2.45, 2.75) is 12.8 Å². The largest absolute Gasteiger partial charge is 0.356 e. The zero-order valence-corrected chi connectivity index (χ0v) is 16.0. The van der Waals surface area contributed by atoms with Gasteiger partial charge in [-0.25, -0.2) is 13.1 Å². The highest BCUT2D eigenvalue weighted by atomic mass is 32.2. The van der Waals surface area contributed by atoms with E-state index in [2.05, 4.69) is 20.3 Å². The number of amides is 2. The molecule has 1 aromatic heterocycles. The molecule has 0 spiro atoms. The van der Waals surface area contributed by atoms with Gasteiger partial charge in [-0.05, 0) is 23.8 Å². The minimum atomic E-state index is -3.62. The van der Waals surface area contributed by atoms with Gasteiger partial charge in [-0.15, -0.1) is 0 Å². The predicted octanol–water partition coefficient (Wildman–Crippen LogP) is 1.51. The second kappa shape index (κ2) is 11.0. The molecule has 28 heavy (non-hydrogen) atoms. The van der Waals surface area contributed by atoms with Crippen molar-refractivity contribution in [1.82, 2.24) is 15.0 Å². The van der Waals surface area contributed by atoms with Crippen molar-refractivity contribution >= 4 is 33.6 Å². The topological polar surface area (TPSA) is 117 Å². The summed E-state index contributed by atoms with van der Waals surface area (Å²) in [4.78, 5) is 27.4. The minimum absolute atomic E-state index is 0.0252. The second-order valence-corrected chi connectivity index (χ2v) is 7.44. The maximum absolute atomic E-state index is 11.9. The highest BCUT2D eigenvalue weighted by molar-refractivity contribution is 7.92. The van der Waals surface area contributed by atoms with E-state index in [0.717, 1.165) is 11.0 Å². The number of rotatable bonds is 10. The first-order chi connectivity index (χ1) is 13.4. The summed E-state index contributed by atoms with van der Waals surface area (Å²) in [6, 6.07) is 12.4. The molecule has 0 fully saturated rings. The van der Waals surface area contributed by atoms with E-state index in [4.69, 9.17) is 0 Å². The van der Waals surface area contributed by atoms with Crippen molar-refractivity contribution in [3.8, 4) is 0 Å². The maximum Gasteiger partial charge on any atom is 0.233 e. The van der Waals surface area contributed by atoms with Crippen LogP contribution in [0.25, 0.3) is 6.08 Å². The molecule has 2 rings (SSSR count). The SMILES string of the molecule is O=C(CCNS(=O)(=O)/C=C/c1ccccc1)NCCC(=O)Nc1cccnc1. The average molecular weight is 402 g/mol. The lowest BCUT2D eigenvalue weighted by Crippen LogP contribution is -2.31. The maximum atomic E-state index is 11.9. The molecule has 1 heterocycles. The molecule has 0 aliphatic heterocycles. The fourth-order valence-corrected chi connectivity index (χ4v) is 2.97. The van der Waals surface area contributed by atoms with Crippen LogP contribution in [0.2, 0.25) is 0 Å². The summed E-state index contributed by atoms with van der Waals surface area (Å²) < 4.78 is 26.1. The summed E-state index contributed by atoms with van der Waals surface area (Å²) in [7, 11) is -3.62. The van der Waals surface area contributed by atoms with Crippen molar-refractivity contribution in [3.63, 3.8) is 0 Å². The van der Waals surface area contributed by atoms with E-state index in [1.165, 1.54) is 12.3 Å². The van der Waals surface area contributed by atoms with Gasteiger partial charge < -0.3 is 10.6 Å². The molecule has 1 aromatic carbocycles. The minimum Gasteiger partial charge on any atom is -0.356 e. The number of benzene rings is 1. The number of carbonyl (C=O) groups excluding carboxylic acids is 2. The van der Waals surface area contributed by atoms with Gasteiger partial charge in [-0.2, -0.15) is 0 Å². The van der Waals surface area contributed by atoms with Crippen LogP contribution in [0.15, 0.2) is 60.3 Å². The lowest BCUT2D eigenvalue weighted by Gasteiger charge is -2.07. The van der Waals surface area contributed by atoms with Gasteiger partial charge in [-0.3, -0.25) is 14.6 Å². The number of hydrogen-bond acceptors (Lipinski definition) is 5. The lowest BCUT2D eigenvalue weighted by atomic mass is 10.2. The first-order valence-electron chi connectivity index (χ1n) is 8.64. The van der Waals surface area contributed by atoms with Crippen LogP contribution in [0.4, 0.5) is 5.69 Å². The van der Waals surface area contributed by atoms with Gasteiger partial charge in [0.05, 0.1) is 11.9 Å². The molecule has 8 nitrogen and oxygen atoms in total. The number of nitrogens with one attached hydrogen (secondary N) is 3. The molecular weight excluding hydrogens is 380 g/mol. The zero-order chi connectivity index (χ0) is 20.2. The Morgan fingerprint density at radius 3 is 2.43 bits per heavy atom. The van der Waals surface area contributed by atoms with Gasteiger partial charge in [0.25, 0.3) is 0 Å². The first kappa shape index (κ1) is 21.3. The van der Waals surface area contributed by atoms with Crippen LogP contribution in [0.5, 0.6) is 0 Å². The molecule has 9 heteroatoms. The van der Waals surface area contributed by atoms with Gasteiger partial charge >= 0.3 is 0 Å². The number of carbonyl (C=O) groups is 2. The third-order valence-electron chi connectivity index (χ3n) is 3.51. The number of aromatic nitrogens is 1. The van der Waals surface area contributed by atoms with E-state index in [0.29, 0.717) is 5.69 Å².